The number of aromatic nitrogens is 1. The van der Waals surface area contributed by atoms with Crippen molar-refractivity contribution in [1.29, 1.82) is 0 Å². The van der Waals surface area contributed by atoms with Crippen LogP contribution in [0.4, 0.5) is 5.13 Å². The van der Waals surface area contributed by atoms with Gasteiger partial charge in [-0.1, -0.05) is 71.1 Å². The van der Waals surface area contributed by atoms with Gasteiger partial charge in [0.15, 0.2) is 5.13 Å². The van der Waals surface area contributed by atoms with Crippen LogP contribution < -0.4 is 5.32 Å². The lowest BCUT2D eigenvalue weighted by molar-refractivity contribution is -0.135. The Balaban J connectivity index is 2.21. The quantitative estimate of drug-likeness (QED) is 0.321. The lowest BCUT2D eigenvalue weighted by Gasteiger charge is -2.24. The Morgan fingerprint density at radius 1 is 0.933 bits per heavy atom. The molecule has 2 amide bonds. The summed E-state index contributed by atoms with van der Waals surface area (Å²) in [6.07, 6.45) is 16.1. The number of unbranched alkanes of at least 4 members (excludes halogenated alkanes) is 10. The molecule has 1 N–H and O–H groups in total. The number of hydrogen-bond donors (Lipinski definition) is 1. The number of rotatable bonds is 18. The molecule has 0 aromatic carbocycles. The SMILES string of the molecule is CCCCCCCCCCCCCC(=O)N(CCN(C)C)CC(=O)Nc1nccs1. The van der Waals surface area contributed by atoms with Gasteiger partial charge in [0.05, 0.1) is 6.54 Å². The van der Waals surface area contributed by atoms with Crippen LogP contribution >= 0.6 is 11.3 Å². The van der Waals surface area contributed by atoms with Crippen molar-refractivity contribution in [3.63, 3.8) is 0 Å². The zero-order valence-corrected chi connectivity index (χ0v) is 20.1. The van der Waals surface area contributed by atoms with Gasteiger partial charge in [0.2, 0.25) is 11.8 Å². The van der Waals surface area contributed by atoms with Gasteiger partial charge < -0.3 is 15.1 Å². The molecule has 6 nitrogen and oxygen atoms in total. The molecule has 0 bridgehead atoms. The Kier molecular flexibility index (Phi) is 15.3. The van der Waals surface area contributed by atoms with E-state index in [-0.39, 0.29) is 18.4 Å². The van der Waals surface area contributed by atoms with Crippen molar-refractivity contribution >= 4 is 28.3 Å². The summed E-state index contributed by atoms with van der Waals surface area (Å²) in [5.74, 6) is -0.113. The third-order valence-corrected chi connectivity index (χ3v) is 5.87. The van der Waals surface area contributed by atoms with Gasteiger partial charge in [-0.15, -0.1) is 11.3 Å². The van der Waals surface area contributed by atoms with Gasteiger partial charge in [0.25, 0.3) is 0 Å². The van der Waals surface area contributed by atoms with Gasteiger partial charge in [0, 0.05) is 31.1 Å². The fraction of sp³-hybridized carbons (Fsp3) is 0.783. The highest BCUT2D eigenvalue weighted by Gasteiger charge is 2.17. The maximum Gasteiger partial charge on any atom is 0.245 e. The van der Waals surface area contributed by atoms with Crippen LogP contribution in [0, 0.1) is 0 Å². The smallest absolute Gasteiger partial charge is 0.245 e. The summed E-state index contributed by atoms with van der Waals surface area (Å²) in [5, 5.41) is 5.16. The maximum absolute atomic E-state index is 12.7. The van der Waals surface area contributed by atoms with E-state index in [2.05, 4.69) is 17.2 Å². The number of amides is 2. The predicted octanol–water partition coefficient (Wildman–Crippen LogP) is 5.17. The van der Waals surface area contributed by atoms with Crippen molar-refractivity contribution in [3.05, 3.63) is 11.6 Å². The second-order valence-electron chi connectivity index (χ2n) is 8.29. The Labute approximate surface area is 187 Å². The van der Waals surface area contributed by atoms with Crippen LogP contribution in [0.3, 0.4) is 0 Å². The third-order valence-electron chi connectivity index (χ3n) is 5.18. The number of carbonyl (C=O) groups excluding carboxylic acids is 2. The summed E-state index contributed by atoms with van der Waals surface area (Å²) in [7, 11) is 3.95. The highest BCUT2D eigenvalue weighted by Crippen LogP contribution is 2.13. The summed E-state index contributed by atoms with van der Waals surface area (Å²) in [6, 6.07) is 0. The van der Waals surface area contributed by atoms with Crippen LogP contribution in [0.5, 0.6) is 0 Å². The van der Waals surface area contributed by atoms with Crippen LogP contribution in [-0.2, 0) is 9.59 Å². The Bertz CT molecular complexity index is 564. The fourth-order valence-corrected chi connectivity index (χ4v) is 3.87. The lowest BCUT2D eigenvalue weighted by Crippen LogP contribution is -2.41. The number of likely N-dealkylation sites (N-methyl/N-ethyl adjacent to an activating group) is 1. The molecule has 0 saturated carbocycles. The van der Waals surface area contributed by atoms with Gasteiger partial charge in [-0.05, 0) is 20.5 Å². The molecule has 0 unspecified atom stereocenters. The Hall–Kier alpha value is -1.47. The Morgan fingerprint density at radius 3 is 2.07 bits per heavy atom. The molecule has 0 aliphatic carbocycles. The van der Waals surface area contributed by atoms with Crippen LogP contribution in [-0.4, -0.2) is 60.3 Å². The zero-order valence-electron chi connectivity index (χ0n) is 19.3. The van der Waals surface area contributed by atoms with Gasteiger partial charge in [0.1, 0.15) is 0 Å². The van der Waals surface area contributed by atoms with E-state index in [4.69, 9.17) is 0 Å². The summed E-state index contributed by atoms with van der Waals surface area (Å²) in [5.41, 5.74) is 0. The number of nitrogens with zero attached hydrogens (tertiary/aromatic N) is 3. The van der Waals surface area contributed by atoms with E-state index in [0.29, 0.717) is 18.1 Å². The Morgan fingerprint density at radius 2 is 1.53 bits per heavy atom. The molecule has 0 radical (unpaired) electrons. The van der Waals surface area contributed by atoms with Crippen molar-refractivity contribution in [2.24, 2.45) is 0 Å². The van der Waals surface area contributed by atoms with Crippen molar-refractivity contribution in [2.45, 2.75) is 84.0 Å². The second kappa shape index (κ2) is 17.2. The van der Waals surface area contributed by atoms with Gasteiger partial charge in [-0.2, -0.15) is 0 Å². The molecule has 1 aromatic rings. The maximum atomic E-state index is 12.7. The summed E-state index contributed by atoms with van der Waals surface area (Å²) >= 11 is 1.38. The molecule has 0 aliphatic rings. The fourth-order valence-electron chi connectivity index (χ4n) is 3.33. The van der Waals surface area contributed by atoms with E-state index in [9.17, 15) is 9.59 Å². The number of nitrogens with one attached hydrogen (secondary N) is 1. The van der Waals surface area contributed by atoms with E-state index in [1.807, 2.05) is 24.4 Å². The molecule has 1 rings (SSSR count). The average molecular weight is 439 g/mol. The van der Waals surface area contributed by atoms with Gasteiger partial charge in [-0.3, -0.25) is 9.59 Å². The van der Waals surface area contributed by atoms with Crippen molar-refractivity contribution < 1.29 is 9.59 Å². The highest BCUT2D eigenvalue weighted by molar-refractivity contribution is 7.13. The van der Waals surface area contributed by atoms with Crippen LogP contribution in [0.1, 0.15) is 84.0 Å². The number of anilines is 1. The largest absolute Gasteiger partial charge is 0.332 e. The van der Waals surface area contributed by atoms with Crippen LogP contribution in [0.25, 0.3) is 0 Å². The topological polar surface area (TPSA) is 65.5 Å². The second-order valence-corrected chi connectivity index (χ2v) is 9.18. The summed E-state index contributed by atoms with van der Waals surface area (Å²) < 4.78 is 0. The van der Waals surface area contributed by atoms with Crippen molar-refractivity contribution in [1.82, 2.24) is 14.8 Å². The molecule has 0 atom stereocenters. The first-order valence-electron chi connectivity index (χ1n) is 11.6. The summed E-state index contributed by atoms with van der Waals surface area (Å²) in [4.78, 5) is 32.7. The van der Waals surface area contributed by atoms with Gasteiger partial charge >= 0.3 is 0 Å². The van der Waals surface area contributed by atoms with Crippen molar-refractivity contribution in [3.8, 4) is 0 Å². The number of carbonyl (C=O) groups is 2. The lowest BCUT2D eigenvalue weighted by atomic mass is 10.1. The first-order chi connectivity index (χ1) is 14.5. The molecule has 172 valence electrons. The first kappa shape index (κ1) is 26.6. The van der Waals surface area contributed by atoms with Gasteiger partial charge in [-0.25, -0.2) is 4.98 Å². The zero-order chi connectivity index (χ0) is 22.0. The normalized spacial score (nSPS) is 11.1. The van der Waals surface area contributed by atoms with Crippen LogP contribution in [0.2, 0.25) is 0 Å². The number of hydrogen-bond acceptors (Lipinski definition) is 5. The van der Waals surface area contributed by atoms with E-state index in [0.717, 1.165) is 19.4 Å². The molecule has 0 saturated heterocycles. The molecule has 7 heteroatoms. The molecule has 30 heavy (non-hydrogen) atoms. The van der Waals surface area contributed by atoms with E-state index >= 15 is 0 Å². The predicted molar refractivity (Wildman–Crippen MR) is 127 cm³/mol. The van der Waals surface area contributed by atoms with Crippen LogP contribution in [0.15, 0.2) is 11.6 Å². The standard InChI is InChI=1S/C23H42N4O2S/c1-4-5-6-7-8-9-10-11-12-13-14-15-22(29)27(18-17-26(2)3)20-21(28)25-23-24-16-19-30-23/h16,19H,4-15,17-18,20H2,1-3H3,(H,24,25,28). The minimum Gasteiger partial charge on any atom is -0.332 e. The molecule has 1 heterocycles. The molecule has 1 aromatic heterocycles. The third kappa shape index (κ3) is 13.7. The highest BCUT2D eigenvalue weighted by atomic mass is 32.1. The molecular weight excluding hydrogens is 396 g/mol. The van der Waals surface area contributed by atoms with E-state index in [1.165, 1.54) is 69.1 Å². The summed E-state index contributed by atoms with van der Waals surface area (Å²) in [6.45, 7) is 3.65. The molecular formula is C23H42N4O2S. The van der Waals surface area contributed by atoms with E-state index < -0.39 is 0 Å². The molecule has 0 fully saturated rings. The molecule has 0 spiro atoms. The van der Waals surface area contributed by atoms with E-state index in [1.54, 1.807) is 11.1 Å². The van der Waals surface area contributed by atoms with Crippen molar-refractivity contribution in [2.75, 3.05) is 39.0 Å². The monoisotopic (exact) mass is 438 g/mol. The minimum atomic E-state index is -0.184. The number of thiazole rings is 1. The minimum absolute atomic E-state index is 0.0714. The average Bonchev–Trinajstić information content (AvgIpc) is 3.21. The molecule has 0 aliphatic heterocycles. The first-order valence-corrected chi connectivity index (χ1v) is 12.5.